The van der Waals surface area contributed by atoms with Crippen LogP contribution < -0.4 is 0 Å². The quantitative estimate of drug-likeness (QED) is 0.737. The molecule has 0 heterocycles. The van der Waals surface area contributed by atoms with Gasteiger partial charge in [-0.25, -0.2) is 0 Å². The lowest BCUT2D eigenvalue weighted by Gasteiger charge is -2.21. The molecule has 4 nitrogen and oxygen atoms in total. The Labute approximate surface area is 136 Å². The van der Waals surface area contributed by atoms with Crippen molar-refractivity contribution in [2.24, 2.45) is 0 Å². The fraction of sp³-hybridized carbons (Fsp3) is 0.263. The maximum atomic E-state index is 11.8. The van der Waals surface area contributed by atoms with E-state index < -0.39 is 0 Å². The van der Waals surface area contributed by atoms with Crippen LogP contribution in [0.4, 0.5) is 0 Å². The van der Waals surface area contributed by atoms with Crippen LogP contribution in [-0.4, -0.2) is 24.0 Å². The van der Waals surface area contributed by atoms with Gasteiger partial charge in [0, 0.05) is 13.1 Å². The summed E-state index contributed by atoms with van der Waals surface area (Å²) in [5.74, 6) is -0.236. The fourth-order valence-corrected chi connectivity index (χ4v) is 2.40. The van der Waals surface area contributed by atoms with Gasteiger partial charge in [-0.2, -0.15) is 5.26 Å². The van der Waals surface area contributed by atoms with Crippen LogP contribution in [0.3, 0.4) is 0 Å². The van der Waals surface area contributed by atoms with E-state index >= 15 is 0 Å². The molecular formula is C19H20N2O2. The Morgan fingerprint density at radius 2 is 1.78 bits per heavy atom. The average Bonchev–Trinajstić information content (AvgIpc) is 2.56. The van der Waals surface area contributed by atoms with E-state index in [1.165, 1.54) is 0 Å². The molecule has 0 aliphatic carbocycles. The summed E-state index contributed by atoms with van der Waals surface area (Å²) in [4.78, 5) is 13.9. The summed E-state index contributed by atoms with van der Waals surface area (Å²) < 4.78 is 5.06. The van der Waals surface area contributed by atoms with Gasteiger partial charge in [0.05, 0.1) is 24.8 Å². The second-order valence-electron chi connectivity index (χ2n) is 5.25. The van der Waals surface area contributed by atoms with Crippen molar-refractivity contribution in [1.82, 2.24) is 4.90 Å². The summed E-state index contributed by atoms with van der Waals surface area (Å²) in [6, 6.07) is 19.6. The maximum Gasteiger partial charge on any atom is 0.320 e. The second-order valence-corrected chi connectivity index (χ2v) is 5.25. The first-order valence-corrected chi connectivity index (χ1v) is 7.62. The topological polar surface area (TPSA) is 53.3 Å². The van der Waals surface area contributed by atoms with Crippen LogP contribution in [0, 0.1) is 11.3 Å². The van der Waals surface area contributed by atoms with Gasteiger partial charge in [0.25, 0.3) is 0 Å². The van der Waals surface area contributed by atoms with Crippen LogP contribution in [0.1, 0.15) is 23.6 Å². The van der Waals surface area contributed by atoms with E-state index in [9.17, 15) is 4.79 Å². The molecule has 0 atom stereocenters. The number of benzene rings is 2. The van der Waals surface area contributed by atoms with Crippen molar-refractivity contribution < 1.29 is 9.53 Å². The van der Waals surface area contributed by atoms with Gasteiger partial charge in [0.1, 0.15) is 0 Å². The molecule has 2 aromatic rings. The molecule has 2 rings (SSSR count). The Morgan fingerprint density at radius 1 is 1.09 bits per heavy atom. The molecule has 0 aliphatic heterocycles. The summed E-state index contributed by atoms with van der Waals surface area (Å²) in [5, 5.41) is 9.01. The molecule has 4 heteroatoms. The van der Waals surface area contributed by atoms with Crippen molar-refractivity contribution in [3.8, 4) is 6.07 Å². The molecule has 0 spiro atoms. The summed E-state index contributed by atoms with van der Waals surface area (Å²) in [7, 11) is 0. The number of hydrogen-bond donors (Lipinski definition) is 0. The van der Waals surface area contributed by atoms with Crippen LogP contribution in [0.25, 0.3) is 0 Å². The molecule has 0 bridgehead atoms. The predicted octanol–water partition coefficient (Wildman–Crippen LogP) is 3.12. The predicted molar refractivity (Wildman–Crippen MR) is 88.3 cm³/mol. The minimum Gasteiger partial charge on any atom is -0.465 e. The highest BCUT2D eigenvalue weighted by Gasteiger charge is 2.13. The zero-order valence-corrected chi connectivity index (χ0v) is 13.2. The van der Waals surface area contributed by atoms with Gasteiger partial charge >= 0.3 is 5.97 Å². The highest BCUT2D eigenvalue weighted by molar-refractivity contribution is 5.71. The van der Waals surface area contributed by atoms with Gasteiger partial charge in [0.2, 0.25) is 0 Å². The number of ether oxygens (including phenoxy) is 1. The molecule has 0 aliphatic rings. The minimum atomic E-state index is -0.236. The van der Waals surface area contributed by atoms with Crippen LogP contribution in [0.5, 0.6) is 0 Å². The first-order chi connectivity index (χ1) is 11.2. The molecule has 0 fully saturated rings. The first kappa shape index (κ1) is 16.7. The van der Waals surface area contributed by atoms with Crippen molar-refractivity contribution in [3.63, 3.8) is 0 Å². The largest absolute Gasteiger partial charge is 0.465 e. The van der Waals surface area contributed by atoms with Crippen molar-refractivity contribution in [1.29, 1.82) is 5.26 Å². The first-order valence-electron chi connectivity index (χ1n) is 7.62. The number of carbonyl (C=O) groups excluding carboxylic acids is 1. The number of rotatable bonds is 7. The van der Waals surface area contributed by atoms with E-state index in [0.29, 0.717) is 25.3 Å². The normalized spacial score (nSPS) is 10.3. The zero-order chi connectivity index (χ0) is 16.5. The van der Waals surface area contributed by atoms with E-state index in [1.54, 1.807) is 13.0 Å². The third kappa shape index (κ3) is 5.57. The molecule has 0 N–H and O–H groups in total. The lowest BCUT2D eigenvalue weighted by atomic mass is 10.1. The minimum absolute atomic E-state index is 0.222. The van der Waals surface area contributed by atoms with E-state index in [-0.39, 0.29) is 12.5 Å². The third-order valence-corrected chi connectivity index (χ3v) is 3.37. The Balaban J connectivity index is 2.11. The number of esters is 1. The van der Waals surface area contributed by atoms with Crippen LogP contribution in [0.2, 0.25) is 0 Å². The Morgan fingerprint density at radius 3 is 2.48 bits per heavy atom. The number of carbonyl (C=O) groups is 1. The van der Waals surface area contributed by atoms with Gasteiger partial charge in [-0.3, -0.25) is 9.69 Å². The standard InChI is InChI=1S/C19H20N2O2/c1-2-23-19(22)15-21(13-16-7-4-3-5-8-16)14-18-10-6-9-17(11-18)12-20/h3-11H,2,13-15H2,1H3. The molecule has 0 amide bonds. The lowest BCUT2D eigenvalue weighted by molar-refractivity contribution is -0.144. The summed E-state index contributed by atoms with van der Waals surface area (Å²) >= 11 is 0. The SMILES string of the molecule is CCOC(=O)CN(Cc1ccccc1)Cc1cccc(C#N)c1. The lowest BCUT2D eigenvalue weighted by Crippen LogP contribution is -2.30. The highest BCUT2D eigenvalue weighted by Crippen LogP contribution is 2.11. The van der Waals surface area contributed by atoms with E-state index in [0.717, 1.165) is 11.1 Å². The van der Waals surface area contributed by atoms with E-state index in [4.69, 9.17) is 10.00 Å². The van der Waals surface area contributed by atoms with E-state index in [2.05, 4.69) is 6.07 Å². The van der Waals surface area contributed by atoms with Crippen molar-refractivity contribution in [2.75, 3.05) is 13.2 Å². The molecule has 0 saturated heterocycles. The molecule has 0 radical (unpaired) electrons. The number of nitriles is 1. The molecule has 118 valence electrons. The number of hydrogen-bond acceptors (Lipinski definition) is 4. The second kappa shape index (κ2) is 8.72. The van der Waals surface area contributed by atoms with Crippen LogP contribution >= 0.6 is 0 Å². The molecule has 0 aromatic heterocycles. The van der Waals surface area contributed by atoms with Gasteiger partial charge < -0.3 is 4.74 Å². The average molecular weight is 308 g/mol. The Hall–Kier alpha value is -2.64. The highest BCUT2D eigenvalue weighted by atomic mass is 16.5. The smallest absolute Gasteiger partial charge is 0.320 e. The van der Waals surface area contributed by atoms with Gasteiger partial charge in [-0.15, -0.1) is 0 Å². The Bertz CT molecular complexity index is 677. The molecule has 0 saturated carbocycles. The van der Waals surface area contributed by atoms with Crippen molar-refractivity contribution >= 4 is 5.97 Å². The maximum absolute atomic E-state index is 11.8. The van der Waals surface area contributed by atoms with Gasteiger partial charge in [0.15, 0.2) is 0 Å². The molecule has 0 unspecified atom stereocenters. The van der Waals surface area contributed by atoms with Crippen molar-refractivity contribution in [3.05, 3.63) is 71.3 Å². The zero-order valence-electron chi connectivity index (χ0n) is 13.2. The van der Waals surface area contributed by atoms with Crippen LogP contribution in [-0.2, 0) is 22.6 Å². The molecular weight excluding hydrogens is 288 g/mol. The summed E-state index contributed by atoms with van der Waals surface area (Å²) in [5.41, 5.74) is 2.76. The molecule has 23 heavy (non-hydrogen) atoms. The number of nitrogens with zero attached hydrogens (tertiary/aromatic N) is 2. The fourth-order valence-electron chi connectivity index (χ4n) is 2.40. The van der Waals surface area contributed by atoms with E-state index in [1.807, 2.05) is 53.4 Å². The van der Waals surface area contributed by atoms with Crippen LogP contribution in [0.15, 0.2) is 54.6 Å². The summed E-state index contributed by atoms with van der Waals surface area (Å²) in [6.07, 6.45) is 0. The summed E-state index contributed by atoms with van der Waals surface area (Å²) in [6.45, 7) is 3.64. The monoisotopic (exact) mass is 308 g/mol. The third-order valence-electron chi connectivity index (χ3n) is 3.37. The van der Waals surface area contributed by atoms with Gasteiger partial charge in [-0.1, -0.05) is 42.5 Å². The van der Waals surface area contributed by atoms with Crippen molar-refractivity contribution in [2.45, 2.75) is 20.0 Å². The molecule has 2 aromatic carbocycles. The Kier molecular flexibility index (Phi) is 6.34. The van der Waals surface area contributed by atoms with Gasteiger partial charge in [-0.05, 0) is 30.2 Å².